The summed E-state index contributed by atoms with van der Waals surface area (Å²) in [5, 5.41) is 0.373. The van der Waals surface area contributed by atoms with Crippen molar-refractivity contribution in [1.82, 2.24) is 15.0 Å². The summed E-state index contributed by atoms with van der Waals surface area (Å²) in [5.41, 5.74) is -1.09. The minimum Gasteiger partial charge on any atom is -0.336 e. The molecule has 0 radical (unpaired) electrons. The van der Waals surface area contributed by atoms with E-state index in [9.17, 15) is 21.6 Å². The standard InChI is InChI=1S/C8H6F3N3O2S2/c9-8(10,11)5-3-17-6(14-5)4-18(15,16)7-12-1-2-13-7/h1-3H,4H2,(H,12,13). The molecular weight excluding hydrogens is 291 g/mol. The van der Waals surface area contributed by atoms with E-state index in [-0.39, 0.29) is 10.2 Å². The lowest BCUT2D eigenvalue weighted by Crippen LogP contribution is -2.09. The molecule has 2 aromatic heterocycles. The molecule has 5 nitrogen and oxygen atoms in total. The molecule has 0 saturated heterocycles. The molecule has 0 aliphatic rings. The zero-order valence-corrected chi connectivity index (χ0v) is 10.2. The van der Waals surface area contributed by atoms with Crippen LogP contribution in [-0.4, -0.2) is 23.4 Å². The average Bonchev–Trinajstić information content (AvgIpc) is 2.83. The van der Waals surface area contributed by atoms with Crippen molar-refractivity contribution in [2.75, 3.05) is 0 Å². The minimum atomic E-state index is -4.57. The Morgan fingerprint density at radius 1 is 1.39 bits per heavy atom. The third-order valence-corrected chi connectivity index (χ3v) is 4.42. The van der Waals surface area contributed by atoms with Gasteiger partial charge in [-0.25, -0.2) is 18.4 Å². The SMILES string of the molecule is O=S(=O)(Cc1nc(C(F)(F)F)cs1)c1ncc[nH]1. The molecule has 0 aliphatic carbocycles. The Hall–Kier alpha value is -1.42. The van der Waals surface area contributed by atoms with Crippen LogP contribution in [-0.2, 0) is 21.8 Å². The zero-order chi connectivity index (χ0) is 13.4. The van der Waals surface area contributed by atoms with Crippen LogP contribution in [0.4, 0.5) is 13.2 Å². The molecule has 0 saturated carbocycles. The summed E-state index contributed by atoms with van der Waals surface area (Å²) < 4.78 is 60.3. The average molecular weight is 297 g/mol. The van der Waals surface area contributed by atoms with Crippen molar-refractivity contribution in [3.63, 3.8) is 0 Å². The number of aromatic nitrogens is 3. The van der Waals surface area contributed by atoms with E-state index in [0.29, 0.717) is 11.3 Å². The van der Waals surface area contributed by atoms with Crippen LogP contribution in [0.25, 0.3) is 0 Å². The Bertz CT molecular complexity index is 631. The largest absolute Gasteiger partial charge is 0.434 e. The van der Waals surface area contributed by atoms with Gasteiger partial charge >= 0.3 is 6.18 Å². The van der Waals surface area contributed by atoms with Crippen molar-refractivity contribution in [3.05, 3.63) is 28.5 Å². The molecule has 0 spiro atoms. The van der Waals surface area contributed by atoms with Gasteiger partial charge in [0.1, 0.15) is 10.8 Å². The first-order chi connectivity index (χ1) is 8.29. The second-order valence-electron chi connectivity index (χ2n) is 3.28. The maximum absolute atomic E-state index is 12.3. The summed E-state index contributed by atoms with van der Waals surface area (Å²) in [7, 11) is -3.79. The van der Waals surface area contributed by atoms with Gasteiger partial charge in [-0.05, 0) is 0 Å². The highest BCUT2D eigenvalue weighted by Gasteiger charge is 2.34. The van der Waals surface area contributed by atoms with Crippen molar-refractivity contribution in [1.29, 1.82) is 0 Å². The molecule has 0 fully saturated rings. The number of halogens is 3. The molecule has 2 aromatic rings. The van der Waals surface area contributed by atoms with E-state index in [4.69, 9.17) is 0 Å². The van der Waals surface area contributed by atoms with Gasteiger partial charge < -0.3 is 4.98 Å². The highest BCUT2D eigenvalue weighted by Crippen LogP contribution is 2.30. The molecule has 10 heteroatoms. The van der Waals surface area contributed by atoms with E-state index < -0.39 is 27.5 Å². The van der Waals surface area contributed by atoms with E-state index in [1.54, 1.807) is 0 Å². The topological polar surface area (TPSA) is 75.7 Å². The van der Waals surface area contributed by atoms with E-state index in [1.807, 2.05) is 0 Å². The van der Waals surface area contributed by atoms with Crippen LogP contribution in [0.3, 0.4) is 0 Å². The number of nitrogens with one attached hydrogen (secondary N) is 1. The van der Waals surface area contributed by atoms with Gasteiger partial charge in [-0.15, -0.1) is 11.3 Å². The number of sulfone groups is 1. The van der Waals surface area contributed by atoms with Crippen LogP contribution in [0, 0.1) is 0 Å². The van der Waals surface area contributed by atoms with Crippen LogP contribution in [0.15, 0.2) is 22.9 Å². The lowest BCUT2D eigenvalue weighted by molar-refractivity contribution is -0.140. The summed E-state index contributed by atoms with van der Waals surface area (Å²) in [5.74, 6) is -0.610. The number of hydrogen-bond acceptors (Lipinski definition) is 5. The lowest BCUT2D eigenvalue weighted by atomic mass is 10.5. The van der Waals surface area contributed by atoms with Gasteiger partial charge in [-0.3, -0.25) is 0 Å². The maximum atomic E-state index is 12.3. The zero-order valence-electron chi connectivity index (χ0n) is 8.60. The van der Waals surface area contributed by atoms with Gasteiger partial charge in [0.15, 0.2) is 5.69 Å². The van der Waals surface area contributed by atoms with E-state index in [0.717, 1.165) is 5.38 Å². The predicted molar refractivity (Wildman–Crippen MR) is 56.6 cm³/mol. The second kappa shape index (κ2) is 4.35. The Kier molecular flexibility index (Phi) is 3.15. The molecule has 0 amide bonds. The number of aromatic amines is 1. The Balaban J connectivity index is 2.23. The number of rotatable bonds is 3. The molecule has 98 valence electrons. The Morgan fingerprint density at radius 3 is 2.61 bits per heavy atom. The molecule has 2 heterocycles. The first-order valence-electron chi connectivity index (χ1n) is 4.53. The minimum absolute atomic E-state index is 0.126. The highest BCUT2D eigenvalue weighted by molar-refractivity contribution is 7.90. The second-order valence-corrected chi connectivity index (χ2v) is 6.13. The highest BCUT2D eigenvalue weighted by atomic mass is 32.2. The smallest absolute Gasteiger partial charge is 0.336 e. The summed E-state index contributed by atoms with van der Waals surface area (Å²) in [6, 6.07) is 0. The summed E-state index contributed by atoms with van der Waals surface area (Å²) in [6.45, 7) is 0. The van der Waals surface area contributed by atoms with Gasteiger partial charge in [0.05, 0.1) is 0 Å². The first-order valence-corrected chi connectivity index (χ1v) is 7.06. The summed E-state index contributed by atoms with van der Waals surface area (Å²) >= 11 is 0.649. The molecule has 18 heavy (non-hydrogen) atoms. The molecule has 0 aromatic carbocycles. The molecule has 2 rings (SSSR count). The first kappa shape index (κ1) is 13.0. The fourth-order valence-electron chi connectivity index (χ4n) is 1.16. The van der Waals surface area contributed by atoms with Crippen molar-refractivity contribution in [3.8, 4) is 0 Å². The van der Waals surface area contributed by atoms with Gasteiger partial charge in [-0.1, -0.05) is 0 Å². The van der Waals surface area contributed by atoms with Crippen LogP contribution in [0.1, 0.15) is 10.7 Å². The summed E-state index contributed by atoms with van der Waals surface area (Å²) in [4.78, 5) is 9.19. The molecule has 0 bridgehead atoms. The van der Waals surface area contributed by atoms with Crippen LogP contribution >= 0.6 is 11.3 Å². The number of H-pyrrole nitrogens is 1. The number of alkyl halides is 3. The van der Waals surface area contributed by atoms with Crippen LogP contribution in [0.5, 0.6) is 0 Å². The van der Waals surface area contributed by atoms with Crippen molar-refractivity contribution < 1.29 is 21.6 Å². The number of nitrogens with zero attached hydrogens (tertiary/aromatic N) is 2. The van der Waals surface area contributed by atoms with E-state index in [2.05, 4.69) is 15.0 Å². The van der Waals surface area contributed by atoms with Crippen LogP contribution < -0.4 is 0 Å². The quantitative estimate of drug-likeness (QED) is 0.938. The molecule has 0 aliphatic heterocycles. The van der Waals surface area contributed by atoms with Crippen molar-refractivity contribution >= 4 is 21.2 Å². The van der Waals surface area contributed by atoms with E-state index in [1.165, 1.54) is 12.4 Å². The number of imidazole rings is 1. The molecular formula is C8H6F3N3O2S2. The van der Waals surface area contributed by atoms with Gasteiger partial charge in [0, 0.05) is 17.8 Å². The number of thiazole rings is 1. The Labute approximate surface area is 104 Å². The van der Waals surface area contributed by atoms with Gasteiger partial charge in [-0.2, -0.15) is 13.2 Å². The lowest BCUT2D eigenvalue weighted by Gasteiger charge is -2.00. The molecule has 0 unspecified atom stereocenters. The van der Waals surface area contributed by atoms with Gasteiger partial charge in [0.25, 0.3) is 0 Å². The summed E-state index contributed by atoms with van der Waals surface area (Å²) in [6.07, 6.45) is -2.01. The van der Waals surface area contributed by atoms with Crippen molar-refractivity contribution in [2.24, 2.45) is 0 Å². The molecule has 0 atom stereocenters. The third-order valence-electron chi connectivity index (χ3n) is 1.92. The van der Waals surface area contributed by atoms with Crippen LogP contribution in [0.2, 0.25) is 0 Å². The maximum Gasteiger partial charge on any atom is 0.434 e. The Morgan fingerprint density at radius 2 is 2.11 bits per heavy atom. The van der Waals surface area contributed by atoms with E-state index >= 15 is 0 Å². The fraction of sp³-hybridized carbons (Fsp3) is 0.250. The molecule has 1 N–H and O–H groups in total. The van der Waals surface area contributed by atoms with Crippen molar-refractivity contribution in [2.45, 2.75) is 17.1 Å². The normalized spacial score (nSPS) is 12.8. The monoisotopic (exact) mass is 297 g/mol. The predicted octanol–water partition coefficient (Wildman–Crippen LogP) is 1.86. The number of hydrogen-bond donors (Lipinski definition) is 1. The van der Waals surface area contributed by atoms with Gasteiger partial charge in [0.2, 0.25) is 15.0 Å². The third kappa shape index (κ3) is 2.70. The fourth-order valence-corrected chi connectivity index (χ4v) is 3.48.